The summed E-state index contributed by atoms with van der Waals surface area (Å²) in [7, 11) is 0. The molecule has 0 heterocycles. The fraction of sp³-hybridized carbons (Fsp3) is 0.538. The van der Waals surface area contributed by atoms with E-state index in [1.54, 1.807) is 0 Å². The van der Waals surface area contributed by atoms with Crippen molar-refractivity contribution in [3.8, 4) is 0 Å². The van der Waals surface area contributed by atoms with Crippen molar-refractivity contribution < 1.29 is 0 Å². The first-order valence-electron chi connectivity index (χ1n) is 5.60. The molecule has 14 heavy (non-hydrogen) atoms. The van der Waals surface area contributed by atoms with Crippen molar-refractivity contribution in [3.63, 3.8) is 0 Å². The van der Waals surface area contributed by atoms with Crippen molar-refractivity contribution >= 4 is 0 Å². The van der Waals surface area contributed by atoms with Crippen LogP contribution in [0.1, 0.15) is 37.3 Å². The van der Waals surface area contributed by atoms with Crippen molar-refractivity contribution in [1.82, 2.24) is 0 Å². The average molecular weight is 189 g/mol. The van der Waals surface area contributed by atoms with Gasteiger partial charge in [-0.25, -0.2) is 0 Å². The zero-order valence-corrected chi connectivity index (χ0v) is 8.92. The number of hydrogen-bond acceptors (Lipinski definition) is 1. The van der Waals surface area contributed by atoms with Crippen LogP contribution in [0.25, 0.3) is 0 Å². The molecule has 0 radical (unpaired) electrons. The molecule has 1 aromatic rings. The lowest BCUT2D eigenvalue weighted by molar-refractivity contribution is 0.704. The topological polar surface area (TPSA) is 26.0 Å². The molecule has 0 amide bonds. The van der Waals surface area contributed by atoms with Gasteiger partial charge in [-0.2, -0.15) is 0 Å². The van der Waals surface area contributed by atoms with Gasteiger partial charge in [-0.15, -0.1) is 0 Å². The van der Waals surface area contributed by atoms with E-state index in [-0.39, 0.29) is 0 Å². The first-order chi connectivity index (χ1) is 6.80. The summed E-state index contributed by atoms with van der Waals surface area (Å²) in [5, 5.41) is 0. The Balaban J connectivity index is 2.14. The van der Waals surface area contributed by atoms with Crippen LogP contribution >= 0.6 is 0 Å². The van der Waals surface area contributed by atoms with Crippen LogP contribution in [0.15, 0.2) is 24.3 Å². The molecule has 1 heteroatoms. The maximum atomic E-state index is 5.80. The maximum absolute atomic E-state index is 5.80. The predicted octanol–water partition coefficient (Wildman–Crippen LogP) is 2.63. The summed E-state index contributed by atoms with van der Waals surface area (Å²) in [4.78, 5) is 0. The van der Waals surface area contributed by atoms with Gasteiger partial charge in [0.15, 0.2) is 0 Å². The molecule has 0 unspecified atom stereocenters. The molecule has 0 bridgehead atoms. The average Bonchev–Trinajstić information content (AvgIpc) is 3.00. The van der Waals surface area contributed by atoms with E-state index >= 15 is 0 Å². The predicted molar refractivity (Wildman–Crippen MR) is 60.4 cm³/mol. The van der Waals surface area contributed by atoms with E-state index in [4.69, 9.17) is 5.73 Å². The van der Waals surface area contributed by atoms with Crippen molar-refractivity contribution in [2.24, 2.45) is 5.73 Å². The second-order valence-electron chi connectivity index (χ2n) is 4.43. The first kappa shape index (κ1) is 9.72. The lowest BCUT2D eigenvalue weighted by Crippen LogP contribution is -2.19. The van der Waals surface area contributed by atoms with Gasteiger partial charge >= 0.3 is 0 Å². The van der Waals surface area contributed by atoms with Gasteiger partial charge in [-0.3, -0.25) is 0 Å². The zero-order chi connectivity index (χ0) is 10.0. The Bertz CT molecular complexity index is 296. The highest BCUT2D eigenvalue weighted by Crippen LogP contribution is 2.47. The molecule has 0 spiro atoms. The molecule has 1 fully saturated rings. The highest BCUT2D eigenvalue weighted by atomic mass is 14.7. The Labute approximate surface area is 86.3 Å². The Hall–Kier alpha value is -0.820. The lowest BCUT2D eigenvalue weighted by Gasteiger charge is -2.12. The van der Waals surface area contributed by atoms with E-state index < -0.39 is 0 Å². The van der Waals surface area contributed by atoms with Gasteiger partial charge < -0.3 is 5.73 Å². The molecule has 1 nitrogen and oxygen atoms in total. The number of aryl methyl sites for hydroxylation is 1. The van der Waals surface area contributed by atoms with E-state index in [1.807, 2.05) is 0 Å². The number of benzene rings is 1. The highest BCUT2D eigenvalue weighted by molar-refractivity contribution is 5.34. The molecule has 0 aliphatic heterocycles. The van der Waals surface area contributed by atoms with Crippen LogP contribution in [0, 0.1) is 0 Å². The summed E-state index contributed by atoms with van der Waals surface area (Å²) in [5.41, 5.74) is 9.04. The SMILES string of the molecule is CCCc1ccc(C2(CN)CC2)cc1. The van der Waals surface area contributed by atoms with Crippen LogP contribution in [0.5, 0.6) is 0 Å². The van der Waals surface area contributed by atoms with Crippen molar-refractivity contribution in [1.29, 1.82) is 0 Å². The molecule has 0 atom stereocenters. The third-order valence-electron chi connectivity index (χ3n) is 3.35. The molecule has 0 aromatic heterocycles. The summed E-state index contributed by atoms with van der Waals surface area (Å²) >= 11 is 0. The molecule has 1 aliphatic rings. The Morgan fingerprint density at radius 3 is 2.29 bits per heavy atom. The van der Waals surface area contributed by atoms with E-state index in [0.717, 1.165) is 6.54 Å². The van der Waals surface area contributed by atoms with Crippen LogP contribution in [-0.4, -0.2) is 6.54 Å². The minimum Gasteiger partial charge on any atom is -0.330 e. The Kier molecular flexibility index (Phi) is 2.60. The van der Waals surface area contributed by atoms with E-state index in [1.165, 1.54) is 36.8 Å². The monoisotopic (exact) mass is 189 g/mol. The van der Waals surface area contributed by atoms with Crippen LogP contribution in [0.3, 0.4) is 0 Å². The number of hydrogen-bond donors (Lipinski definition) is 1. The summed E-state index contributed by atoms with van der Waals surface area (Å²) in [6, 6.07) is 9.05. The van der Waals surface area contributed by atoms with Gasteiger partial charge in [-0.05, 0) is 30.4 Å². The first-order valence-corrected chi connectivity index (χ1v) is 5.60. The Morgan fingerprint density at radius 2 is 1.86 bits per heavy atom. The molecule has 1 aliphatic carbocycles. The van der Waals surface area contributed by atoms with Crippen LogP contribution in [0.4, 0.5) is 0 Å². The van der Waals surface area contributed by atoms with E-state index in [0.29, 0.717) is 5.41 Å². The fourth-order valence-corrected chi connectivity index (χ4v) is 2.08. The fourth-order valence-electron chi connectivity index (χ4n) is 2.08. The van der Waals surface area contributed by atoms with E-state index in [2.05, 4.69) is 31.2 Å². The molecule has 2 N–H and O–H groups in total. The van der Waals surface area contributed by atoms with Gasteiger partial charge in [0.05, 0.1) is 0 Å². The normalized spacial score (nSPS) is 18.1. The maximum Gasteiger partial charge on any atom is 0.00762 e. The quantitative estimate of drug-likeness (QED) is 0.774. The van der Waals surface area contributed by atoms with Crippen molar-refractivity contribution in [2.45, 2.75) is 38.0 Å². The third kappa shape index (κ3) is 1.69. The van der Waals surface area contributed by atoms with Gasteiger partial charge in [-0.1, -0.05) is 37.6 Å². The van der Waals surface area contributed by atoms with Crippen molar-refractivity contribution in [2.75, 3.05) is 6.54 Å². The molecular formula is C13H19N. The summed E-state index contributed by atoms with van der Waals surface area (Å²) < 4.78 is 0. The van der Waals surface area contributed by atoms with Crippen molar-refractivity contribution in [3.05, 3.63) is 35.4 Å². The second kappa shape index (κ2) is 3.74. The molecule has 1 aromatic carbocycles. The Morgan fingerprint density at radius 1 is 1.21 bits per heavy atom. The smallest absolute Gasteiger partial charge is 0.00762 e. The lowest BCUT2D eigenvalue weighted by atomic mass is 9.94. The minimum atomic E-state index is 0.352. The second-order valence-corrected chi connectivity index (χ2v) is 4.43. The van der Waals surface area contributed by atoms with Gasteiger partial charge in [0.2, 0.25) is 0 Å². The standard InChI is InChI=1S/C13H19N/c1-2-3-11-4-6-12(7-5-11)13(10-14)8-9-13/h4-7H,2-3,8-10,14H2,1H3. The van der Waals surface area contributed by atoms with Gasteiger partial charge in [0.1, 0.15) is 0 Å². The molecule has 1 saturated carbocycles. The minimum absolute atomic E-state index is 0.352. The third-order valence-corrected chi connectivity index (χ3v) is 3.35. The molecule has 0 saturated heterocycles. The van der Waals surface area contributed by atoms with Crippen LogP contribution < -0.4 is 5.73 Å². The van der Waals surface area contributed by atoms with E-state index in [9.17, 15) is 0 Å². The highest BCUT2D eigenvalue weighted by Gasteiger charge is 2.42. The van der Waals surface area contributed by atoms with Crippen LogP contribution in [-0.2, 0) is 11.8 Å². The summed E-state index contributed by atoms with van der Waals surface area (Å²) in [6.07, 6.45) is 4.96. The summed E-state index contributed by atoms with van der Waals surface area (Å²) in [5.74, 6) is 0. The number of rotatable bonds is 4. The zero-order valence-electron chi connectivity index (χ0n) is 8.92. The van der Waals surface area contributed by atoms with Gasteiger partial charge in [0.25, 0.3) is 0 Å². The molecule has 2 rings (SSSR count). The number of nitrogens with two attached hydrogens (primary N) is 1. The molecule has 76 valence electrons. The largest absolute Gasteiger partial charge is 0.330 e. The van der Waals surface area contributed by atoms with Gasteiger partial charge in [0, 0.05) is 12.0 Å². The molecular weight excluding hydrogens is 170 g/mol. The van der Waals surface area contributed by atoms with Crippen LogP contribution in [0.2, 0.25) is 0 Å². The summed E-state index contributed by atoms with van der Waals surface area (Å²) in [6.45, 7) is 3.02.